The minimum absolute atomic E-state index is 0.135. The first kappa shape index (κ1) is 13.1. The van der Waals surface area contributed by atoms with Crippen LogP contribution in [0.1, 0.15) is 32.1 Å². The van der Waals surface area contributed by atoms with Crippen molar-refractivity contribution in [1.29, 1.82) is 0 Å². The Kier molecular flexibility index (Phi) is 3.26. The summed E-state index contributed by atoms with van der Waals surface area (Å²) in [6, 6.07) is 0.157. The molecule has 5 rings (SSSR count). The molecule has 0 radical (unpaired) electrons. The zero-order valence-corrected chi connectivity index (χ0v) is 12.3. The van der Waals surface area contributed by atoms with E-state index in [1.165, 1.54) is 32.1 Å². The molecule has 2 N–H and O–H groups in total. The Labute approximate surface area is 121 Å². The standard InChI is InChI=1S/C16H26N2O2/c1-20-14-8-17-7-13(14)18-16(19)15-11-3-9-2-10(5-11)6-12(15)4-9/h9-15,17H,2-8H2,1H3,(H,18,19)/t9?,10?,11?,12?,13?,14-,15?/m0/s1. The van der Waals surface area contributed by atoms with Crippen molar-refractivity contribution in [3.05, 3.63) is 0 Å². The first-order valence-corrected chi connectivity index (χ1v) is 8.28. The molecule has 4 nitrogen and oxygen atoms in total. The Morgan fingerprint density at radius 1 is 1.05 bits per heavy atom. The maximum atomic E-state index is 12.8. The quantitative estimate of drug-likeness (QED) is 0.814. The molecule has 4 bridgehead atoms. The third-order valence-corrected chi connectivity index (χ3v) is 6.32. The Morgan fingerprint density at radius 3 is 2.30 bits per heavy atom. The Balaban J connectivity index is 1.43. The molecule has 4 aliphatic carbocycles. The van der Waals surface area contributed by atoms with E-state index in [0.29, 0.717) is 23.7 Å². The predicted octanol–water partition coefficient (Wildman–Crippen LogP) is 1.16. The van der Waals surface area contributed by atoms with Crippen LogP contribution in [-0.2, 0) is 9.53 Å². The second-order valence-electron chi connectivity index (χ2n) is 7.50. The highest BCUT2D eigenvalue weighted by atomic mass is 16.5. The summed E-state index contributed by atoms with van der Waals surface area (Å²) in [5.41, 5.74) is 0. The SMILES string of the molecule is CO[C@H]1CNCC1NC(=O)C1C2CC3CC(C2)CC1C3. The number of amides is 1. The lowest BCUT2D eigenvalue weighted by Crippen LogP contribution is -2.54. The smallest absolute Gasteiger partial charge is 0.224 e. The summed E-state index contributed by atoms with van der Waals surface area (Å²) >= 11 is 0. The Morgan fingerprint density at radius 2 is 1.70 bits per heavy atom. The van der Waals surface area contributed by atoms with Crippen LogP contribution in [0.25, 0.3) is 0 Å². The first-order valence-electron chi connectivity index (χ1n) is 8.28. The topological polar surface area (TPSA) is 50.4 Å². The van der Waals surface area contributed by atoms with Crippen molar-refractivity contribution >= 4 is 5.91 Å². The van der Waals surface area contributed by atoms with Crippen LogP contribution < -0.4 is 10.6 Å². The molecular weight excluding hydrogens is 252 g/mol. The van der Waals surface area contributed by atoms with Crippen LogP contribution in [0.15, 0.2) is 0 Å². The van der Waals surface area contributed by atoms with Crippen molar-refractivity contribution < 1.29 is 9.53 Å². The van der Waals surface area contributed by atoms with Gasteiger partial charge in [-0.2, -0.15) is 0 Å². The molecule has 0 spiro atoms. The fourth-order valence-corrected chi connectivity index (χ4v) is 5.68. The molecule has 20 heavy (non-hydrogen) atoms. The van der Waals surface area contributed by atoms with Gasteiger partial charge in [0.2, 0.25) is 5.91 Å². The number of hydrogen-bond donors (Lipinski definition) is 2. The van der Waals surface area contributed by atoms with Gasteiger partial charge in [0.15, 0.2) is 0 Å². The normalized spacial score (nSPS) is 49.5. The molecule has 0 aromatic carbocycles. The molecule has 1 amide bonds. The summed E-state index contributed by atoms with van der Waals surface area (Å²) in [5, 5.41) is 6.59. The van der Waals surface area contributed by atoms with Crippen molar-refractivity contribution in [3.63, 3.8) is 0 Å². The number of hydrogen-bond acceptors (Lipinski definition) is 3. The van der Waals surface area contributed by atoms with E-state index in [4.69, 9.17) is 4.74 Å². The maximum absolute atomic E-state index is 12.8. The van der Waals surface area contributed by atoms with Gasteiger partial charge in [-0.1, -0.05) is 0 Å². The van der Waals surface area contributed by atoms with E-state index in [1.807, 2.05) is 0 Å². The minimum Gasteiger partial charge on any atom is -0.378 e. The molecule has 0 aromatic rings. The van der Waals surface area contributed by atoms with E-state index in [9.17, 15) is 4.79 Å². The third kappa shape index (κ3) is 2.08. The lowest BCUT2D eigenvalue weighted by atomic mass is 9.51. The zero-order valence-electron chi connectivity index (χ0n) is 12.3. The monoisotopic (exact) mass is 278 g/mol. The van der Waals surface area contributed by atoms with Crippen LogP contribution in [0.2, 0.25) is 0 Å². The van der Waals surface area contributed by atoms with Gasteiger partial charge in [-0.05, 0) is 55.8 Å². The van der Waals surface area contributed by atoms with E-state index in [1.54, 1.807) is 7.11 Å². The van der Waals surface area contributed by atoms with Gasteiger partial charge in [0.05, 0.1) is 12.1 Å². The molecule has 1 aliphatic heterocycles. The van der Waals surface area contributed by atoms with E-state index in [0.717, 1.165) is 24.9 Å². The predicted molar refractivity (Wildman–Crippen MR) is 76.1 cm³/mol. The van der Waals surface area contributed by atoms with Crippen LogP contribution in [0, 0.1) is 29.6 Å². The van der Waals surface area contributed by atoms with Crippen molar-refractivity contribution in [2.75, 3.05) is 20.2 Å². The van der Waals surface area contributed by atoms with Crippen LogP contribution in [0.3, 0.4) is 0 Å². The van der Waals surface area contributed by atoms with Gasteiger partial charge in [-0.15, -0.1) is 0 Å². The molecule has 5 fully saturated rings. The third-order valence-electron chi connectivity index (χ3n) is 6.32. The molecule has 1 saturated heterocycles. The van der Waals surface area contributed by atoms with E-state index < -0.39 is 0 Å². The van der Waals surface area contributed by atoms with Gasteiger partial charge in [0.25, 0.3) is 0 Å². The molecule has 2 atom stereocenters. The second kappa shape index (κ2) is 4.99. The fraction of sp³-hybridized carbons (Fsp3) is 0.938. The van der Waals surface area contributed by atoms with Crippen LogP contribution in [0.5, 0.6) is 0 Å². The molecule has 1 unspecified atom stereocenters. The summed E-state index contributed by atoms with van der Waals surface area (Å²) in [4.78, 5) is 12.8. The zero-order chi connectivity index (χ0) is 13.7. The second-order valence-corrected chi connectivity index (χ2v) is 7.50. The lowest BCUT2D eigenvalue weighted by molar-refractivity contribution is -0.139. The molecule has 1 heterocycles. The van der Waals surface area contributed by atoms with Crippen molar-refractivity contribution in [3.8, 4) is 0 Å². The highest BCUT2D eigenvalue weighted by Gasteiger charge is 2.51. The number of carbonyl (C=O) groups is 1. The van der Waals surface area contributed by atoms with Crippen LogP contribution in [-0.4, -0.2) is 38.3 Å². The summed E-state index contributed by atoms with van der Waals surface area (Å²) in [6.07, 6.45) is 6.81. The minimum atomic E-state index is 0.135. The van der Waals surface area contributed by atoms with Crippen LogP contribution in [0.4, 0.5) is 0 Å². The summed E-state index contributed by atoms with van der Waals surface area (Å²) in [6.45, 7) is 1.70. The lowest BCUT2D eigenvalue weighted by Gasteiger charge is -2.53. The van der Waals surface area contributed by atoms with E-state index >= 15 is 0 Å². The van der Waals surface area contributed by atoms with Crippen molar-refractivity contribution in [1.82, 2.24) is 10.6 Å². The van der Waals surface area contributed by atoms with Gasteiger partial charge >= 0.3 is 0 Å². The summed E-state index contributed by atoms with van der Waals surface area (Å²) in [5.74, 6) is 3.81. The largest absolute Gasteiger partial charge is 0.378 e. The Hall–Kier alpha value is -0.610. The average molecular weight is 278 g/mol. The van der Waals surface area contributed by atoms with Gasteiger partial charge in [0.1, 0.15) is 0 Å². The highest BCUT2D eigenvalue weighted by molar-refractivity contribution is 5.80. The van der Waals surface area contributed by atoms with E-state index in [-0.39, 0.29) is 12.1 Å². The molecule has 4 saturated carbocycles. The van der Waals surface area contributed by atoms with Gasteiger partial charge < -0.3 is 15.4 Å². The molecule has 4 heteroatoms. The summed E-state index contributed by atoms with van der Waals surface area (Å²) < 4.78 is 5.45. The molecular formula is C16H26N2O2. The fourth-order valence-electron chi connectivity index (χ4n) is 5.68. The number of methoxy groups -OCH3 is 1. The number of ether oxygens (including phenoxy) is 1. The van der Waals surface area contributed by atoms with Crippen LogP contribution >= 0.6 is 0 Å². The van der Waals surface area contributed by atoms with Gasteiger partial charge in [-0.25, -0.2) is 0 Å². The molecule has 5 aliphatic rings. The van der Waals surface area contributed by atoms with E-state index in [2.05, 4.69) is 10.6 Å². The number of carbonyl (C=O) groups excluding carboxylic acids is 1. The number of rotatable bonds is 3. The molecule has 112 valence electrons. The van der Waals surface area contributed by atoms with Gasteiger partial charge in [-0.3, -0.25) is 4.79 Å². The molecule has 0 aromatic heterocycles. The van der Waals surface area contributed by atoms with Crippen molar-refractivity contribution in [2.45, 2.75) is 44.2 Å². The summed E-state index contributed by atoms with van der Waals surface area (Å²) in [7, 11) is 1.74. The Bertz CT molecular complexity index is 370. The number of nitrogens with one attached hydrogen (secondary N) is 2. The van der Waals surface area contributed by atoms with Gasteiger partial charge in [0, 0.05) is 26.1 Å². The average Bonchev–Trinajstić information content (AvgIpc) is 2.84. The van der Waals surface area contributed by atoms with Crippen molar-refractivity contribution in [2.24, 2.45) is 29.6 Å². The first-order chi connectivity index (χ1) is 9.74. The maximum Gasteiger partial charge on any atom is 0.224 e. The highest BCUT2D eigenvalue weighted by Crippen LogP contribution is 2.56.